The molecule has 0 spiro atoms. The van der Waals surface area contributed by atoms with Crippen LogP contribution in [-0.4, -0.2) is 48.5 Å². The molecule has 1 N–H and O–H groups in total. The van der Waals surface area contributed by atoms with E-state index in [-0.39, 0.29) is 6.10 Å². The van der Waals surface area contributed by atoms with Crippen molar-refractivity contribution < 1.29 is 14.6 Å². The van der Waals surface area contributed by atoms with Crippen molar-refractivity contribution >= 4 is 0 Å². The molecule has 1 aromatic rings. The highest BCUT2D eigenvalue weighted by Gasteiger charge is 2.34. The fourth-order valence-electron chi connectivity index (χ4n) is 3.46. The van der Waals surface area contributed by atoms with Gasteiger partial charge in [-0.1, -0.05) is 12.1 Å². The van der Waals surface area contributed by atoms with Crippen molar-refractivity contribution in [1.82, 2.24) is 4.90 Å². The van der Waals surface area contributed by atoms with E-state index in [0.29, 0.717) is 12.6 Å². The maximum atomic E-state index is 10.4. The molecule has 0 bridgehead atoms. The molecular formula is C18H27NO3. The van der Waals surface area contributed by atoms with Gasteiger partial charge in [0, 0.05) is 24.7 Å². The predicted octanol–water partition coefficient (Wildman–Crippen LogP) is 2.33. The summed E-state index contributed by atoms with van der Waals surface area (Å²) >= 11 is 0. The molecule has 1 saturated heterocycles. The first kappa shape index (κ1) is 15.8. The lowest BCUT2D eigenvalue weighted by Gasteiger charge is -2.35. The number of hydrogen-bond acceptors (Lipinski definition) is 4. The number of morpholine rings is 1. The number of benzene rings is 1. The summed E-state index contributed by atoms with van der Waals surface area (Å²) in [6, 6.07) is 6.52. The Morgan fingerprint density at radius 3 is 3.05 bits per heavy atom. The fraction of sp³-hybridized carbons (Fsp3) is 0.667. The number of aliphatic hydroxyl groups is 1. The highest BCUT2D eigenvalue weighted by atomic mass is 16.5. The normalized spacial score (nSPS) is 28.9. The summed E-state index contributed by atoms with van der Waals surface area (Å²) in [6.07, 6.45) is 1.76. The standard InChI is InChI=1S/C18H27NO3/c1-13(2)19-9-10-21-14(11-19)12-22-17-6-4-5-16-15(17)7-8-18(16,3)20/h4-6,13-14,20H,7-12H2,1-3H3. The van der Waals surface area contributed by atoms with Gasteiger partial charge < -0.3 is 14.6 Å². The first-order valence-corrected chi connectivity index (χ1v) is 8.30. The molecule has 3 rings (SSSR count). The number of rotatable bonds is 4. The molecule has 0 aromatic heterocycles. The van der Waals surface area contributed by atoms with Crippen molar-refractivity contribution in [2.24, 2.45) is 0 Å². The van der Waals surface area contributed by atoms with Gasteiger partial charge in [0.15, 0.2) is 0 Å². The van der Waals surface area contributed by atoms with E-state index in [1.807, 2.05) is 25.1 Å². The lowest BCUT2D eigenvalue weighted by atomic mass is 9.98. The average Bonchev–Trinajstić information content (AvgIpc) is 2.82. The van der Waals surface area contributed by atoms with Crippen molar-refractivity contribution in [2.45, 2.75) is 51.4 Å². The van der Waals surface area contributed by atoms with Crippen molar-refractivity contribution in [3.05, 3.63) is 29.3 Å². The molecule has 0 amide bonds. The van der Waals surface area contributed by atoms with Crippen molar-refractivity contribution in [1.29, 1.82) is 0 Å². The third-order valence-corrected chi connectivity index (χ3v) is 4.90. The second kappa shape index (κ2) is 6.19. The molecule has 1 aromatic carbocycles. The van der Waals surface area contributed by atoms with E-state index in [0.717, 1.165) is 49.4 Å². The van der Waals surface area contributed by atoms with Gasteiger partial charge in [0.2, 0.25) is 0 Å². The van der Waals surface area contributed by atoms with Crippen LogP contribution in [-0.2, 0) is 16.8 Å². The van der Waals surface area contributed by atoms with E-state index >= 15 is 0 Å². The van der Waals surface area contributed by atoms with Gasteiger partial charge in [-0.3, -0.25) is 4.90 Å². The Kier molecular flexibility index (Phi) is 4.44. The van der Waals surface area contributed by atoms with Crippen LogP contribution >= 0.6 is 0 Å². The van der Waals surface area contributed by atoms with Crippen molar-refractivity contribution in [2.75, 3.05) is 26.3 Å². The van der Waals surface area contributed by atoms with E-state index in [9.17, 15) is 5.11 Å². The molecule has 1 aliphatic heterocycles. The summed E-state index contributed by atoms with van der Waals surface area (Å²) in [5.74, 6) is 0.903. The molecule has 0 radical (unpaired) electrons. The van der Waals surface area contributed by atoms with Gasteiger partial charge in [-0.2, -0.15) is 0 Å². The third kappa shape index (κ3) is 3.14. The SMILES string of the molecule is CC(C)N1CCOC(COc2cccc3c2CCC3(C)O)C1. The Hall–Kier alpha value is -1.10. The van der Waals surface area contributed by atoms with Crippen LogP contribution in [0.15, 0.2) is 18.2 Å². The minimum atomic E-state index is -0.718. The Morgan fingerprint density at radius 1 is 1.45 bits per heavy atom. The van der Waals surface area contributed by atoms with Gasteiger partial charge in [0.1, 0.15) is 18.5 Å². The maximum Gasteiger partial charge on any atom is 0.123 e. The van der Waals surface area contributed by atoms with Gasteiger partial charge in [-0.15, -0.1) is 0 Å². The maximum absolute atomic E-state index is 10.4. The van der Waals surface area contributed by atoms with Crippen molar-refractivity contribution in [3.63, 3.8) is 0 Å². The van der Waals surface area contributed by atoms with Crippen LogP contribution in [0.1, 0.15) is 38.3 Å². The molecule has 2 unspecified atom stereocenters. The van der Waals surface area contributed by atoms with Crippen LogP contribution in [0.5, 0.6) is 5.75 Å². The minimum Gasteiger partial charge on any atom is -0.491 e. The summed E-state index contributed by atoms with van der Waals surface area (Å²) in [4.78, 5) is 2.43. The topological polar surface area (TPSA) is 41.9 Å². The zero-order valence-corrected chi connectivity index (χ0v) is 13.8. The molecule has 122 valence electrons. The summed E-state index contributed by atoms with van der Waals surface area (Å²) in [5.41, 5.74) is 1.45. The van der Waals surface area contributed by atoms with Crippen LogP contribution < -0.4 is 4.74 Å². The molecule has 1 heterocycles. The van der Waals surface area contributed by atoms with Crippen LogP contribution in [0.3, 0.4) is 0 Å². The molecule has 4 heteroatoms. The summed E-state index contributed by atoms with van der Waals surface area (Å²) in [7, 11) is 0. The second-order valence-electron chi connectivity index (χ2n) is 6.95. The molecule has 2 atom stereocenters. The van der Waals surface area contributed by atoms with Gasteiger partial charge >= 0.3 is 0 Å². The zero-order valence-electron chi connectivity index (χ0n) is 13.8. The highest BCUT2D eigenvalue weighted by molar-refractivity contribution is 5.46. The Balaban J connectivity index is 1.64. The largest absolute Gasteiger partial charge is 0.491 e. The van der Waals surface area contributed by atoms with Crippen LogP contribution in [0.4, 0.5) is 0 Å². The van der Waals surface area contributed by atoms with E-state index in [1.165, 1.54) is 0 Å². The number of fused-ring (bicyclic) bond motifs is 1. The first-order valence-electron chi connectivity index (χ1n) is 8.30. The Morgan fingerprint density at radius 2 is 2.27 bits per heavy atom. The second-order valence-corrected chi connectivity index (χ2v) is 6.95. The smallest absolute Gasteiger partial charge is 0.123 e. The third-order valence-electron chi connectivity index (χ3n) is 4.90. The summed E-state index contributed by atoms with van der Waals surface area (Å²) < 4.78 is 11.9. The first-order chi connectivity index (χ1) is 10.5. The number of ether oxygens (including phenoxy) is 2. The number of hydrogen-bond donors (Lipinski definition) is 1. The van der Waals surface area contributed by atoms with Gasteiger partial charge in [-0.25, -0.2) is 0 Å². The Labute approximate surface area is 133 Å². The summed E-state index contributed by atoms with van der Waals surface area (Å²) in [5, 5.41) is 10.4. The lowest BCUT2D eigenvalue weighted by Crippen LogP contribution is -2.47. The van der Waals surface area contributed by atoms with E-state index in [4.69, 9.17) is 9.47 Å². The summed E-state index contributed by atoms with van der Waals surface area (Å²) in [6.45, 7) is 9.58. The predicted molar refractivity (Wildman–Crippen MR) is 86.3 cm³/mol. The van der Waals surface area contributed by atoms with Crippen LogP contribution in [0.2, 0.25) is 0 Å². The molecule has 1 aliphatic carbocycles. The highest BCUT2D eigenvalue weighted by Crippen LogP contribution is 2.40. The monoisotopic (exact) mass is 305 g/mol. The van der Waals surface area contributed by atoms with E-state index in [1.54, 1.807) is 0 Å². The number of nitrogens with zero attached hydrogens (tertiary/aromatic N) is 1. The fourth-order valence-corrected chi connectivity index (χ4v) is 3.46. The van der Waals surface area contributed by atoms with Crippen molar-refractivity contribution in [3.8, 4) is 5.75 Å². The lowest BCUT2D eigenvalue weighted by molar-refractivity contribution is -0.0565. The van der Waals surface area contributed by atoms with E-state index < -0.39 is 5.60 Å². The molecule has 0 saturated carbocycles. The van der Waals surface area contributed by atoms with Crippen LogP contribution in [0.25, 0.3) is 0 Å². The average molecular weight is 305 g/mol. The van der Waals surface area contributed by atoms with Crippen LogP contribution in [0, 0.1) is 0 Å². The minimum absolute atomic E-state index is 0.119. The molecule has 1 fully saturated rings. The molecular weight excluding hydrogens is 278 g/mol. The van der Waals surface area contributed by atoms with Gasteiger partial charge in [0.25, 0.3) is 0 Å². The van der Waals surface area contributed by atoms with Gasteiger partial charge in [0.05, 0.1) is 12.2 Å². The quantitative estimate of drug-likeness (QED) is 0.927. The Bertz CT molecular complexity index is 527. The molecule has 2 aliphatic rings. The zero-order chi connectivity index (χ0) is 15.7. The van der Waals surface area contributed by atoms with Gasteiger partial charge in [-0.05, 0) is 45.2 Å². The molecule has 4 nitrogen and oxygen atoms in total. The molecule has 22 heavy (non-hydrogen) atoms. The van der Waals surface area contributed by atoms with E-state index in [2.05, 4.69) is 18.7 Å².